The van der Waals surface area contributed by atoms with Crippen LogP contribution in [0.25, 0.3) is 0 Å². The molecule has 0 radical (unpaired) electrons. The minimum atomic E-state index is -4.46. The average molecular weight is 407 g/mol. The topological polar surface area (TPSA) is 90.5 Å². The molecule has 0 spiro atoms. The van der Waals surface area contributed by atoms with Crippen molar-refractivity contribution in [3.05, 3.63) is 59.7 Å². The Kier molecular flexibility index (Phi) is 5.78. The van der Waals surface area contributed by atoms with Gasteiger partial charge in [0.2, 0.25) is 11.8 Å². The van der Waals surface area contributed by atoms with Gasteiger partial charge in [0.25, 0.3) is 0 Å². The van der Waals surface area contributed by atoms with Gasteiger partial charge in [-0.15, -0.1) is 0 Å². The van der Waals surface area contributed by atoms with Crippen molar-refractivity contribution >= 4 is 23.2 Å². The maximum absolute atomic E-state index is 13.1. The molecule has 3 rings (SSSR count). The third-order valence-corrected chi connectivity index (χ3v) is 4.63. The third-order valence-electron chi connectivity index (χ3n) is 4.63. The standard InChI is InChI=1S/C20H20F3N3O3/c21-20(22,23)15-3-1-2-4-16(15)25-14-7-5-13(6-8-14)11-24-18(29)19(9-10-19)26-17(28)12-27/h1-8,25,27H,9-12H2,(H,24,29)(H,26,28). The minimum absolute atomic E-state index is 0.0450. The van der Waals surface area contributed by atoms with E-state index in [0.717, 1.165) is 11.6 Å². The molecule has 1 saturated carbocycles. The lowest BCUT2D eigenvalue weighted by atomic mass is 10.1. The van der Waals surface area contributed by atoms with Crippen molar-refractivity contribution in [2.45, 2.75) is 31.1 Å². The SMILES string of the molecule is O=C(CO)NC1(C(=O)NCc2ccc(Nc3ccccc3C(F)(F)F)cc2)CC1. The summed E-state index contributed by atoms with van der Waals surface area (Å²) >= 11 is 0. The minimum Gasteiger partial charge on any atom is -0.387 e. The fourth-order valence-corrected chi connectivity index (χ4v) is 2.89. The maximum atomic E-state index is 13.1. The number of halogens is 3. The predicted octanol–water partition coefficient (Wildman–Crippen LogP) is 2.71. The summed E-state index contributed by atoms with van der Waals surface area (Å²) in [7, 11) is 0. The van der Waals surface area contributed by atoms with E-state index in [1.807, 2.05) is 0 Å². The average Bonchev–Trinajstić information content (AvgIpc) is 3.47. The van der Waals surface area contributed by atoms with E-state index in [0.29, 0.717) is 18.5 Å². The van der Waals surface area contributed by atoms with Crippen LogP contribution >= 0.6 is 0 Å². The molecule has 154 valence electrons. The quantitative estimate of drug-likeness (QED) is 0.568. The monoisotopic (exact) mass is 407 g/mol. The zero-order chi connectivity index (χ0) is 21.1. The van der Waals surface area contributed by atoms with E-state index in [1.54, 1.807) is 24.3 Å². The van der Waals surface area contributed by atoms with E-state index in [1.165, 1.54) is 18.2 Å². The van der Waals surface area contributed by atoms with Gasteiger partial charge in [0.15, 0.2) is 0 Å². The van der Waals surface area contributed by atoms with E-state index in [4.69, 9.17) is 5.11 Å². The number of rotatable bonds is 7. The Morgan fingerprint density at radius 3 is 2.28 bits per heavy atom. The predicted molar refractivity (Wildman–Crippen MR) is 100 cm³/mol. The number of aliphatic hydroxyl groups is 1. The molecular weight excluding hydrogens is 387 g/mol. The van der Waals surface area contributed by atoms with Crippen LogP contribution < -0.4 is 16.0 Å². The second kappa shape index (κ2) is 8.12. The first-order valence-corrected chi connectivity index (χ1v) is 8.96. The van der Waals surface area contributed by atoms with Crippen LogP contribution in [0.1, 0.15) is 24.0 Å². The number of carbonyl (C=O) groups is 2. The number of hydrogen-bond donors (Lipinski definition) is 4. The van der Waals surface area contributed by atoms with Crippen LogP contribution in [0.15, 0.2) is 48.5 Å². The summed E-state index contributed by atoms with van der Waals surface area (Å²) in [5.41, 5.74) is -0.530. The zero-order valence-electron chi connectivity index (χ0n) is 15.3. The molecule has 9 heteroatoms. The normalized spacial score (nSPS) is 14.8. The van der Waals surface area contributed by atoms with Crippen molar-refractivity contribution in [2.75, 3.05) is 11.9 Å². The van der Waals surface area contributed by atoms with Gasteiger partial charge in [0, 0.05) is 12.2 Å². The maximum Gasteiger partial charge on any atom is 0.418 e. The Labute approximate surface area is 165 Å². The second-order valence-corrected chi connectivity index (χ2v) is 6.84. The molecule has 2 amide bonds. The van der Waals surface area contributed by atoms with E-state index in [9.17, 15) is 22.8 Å². The molecule has 1 aliphatic rings. The van der Waals surface area contributed by atoms with Crippen molar-refractivity contribution < 1.29 is 27.9 Å². The zero-order valence-corrected chi connectivity index (χ0v) is 15.3. The molecule has 0 unspecified atom stereocenters. The summed E-state index contributed by atoms with van der Waals surface area (Å²) in [4.78, 5) is 23.6. The van der Waals surface area contributed by atoms with Crippen LogP contribution in [-0.2, 0) is 22.3 Å². The first-order chi connectivity index (χ1) is 13.7. The van der Waals surface area contributed by atoms with Gasteiger partial charge in [-0.1, -0.05) is 24.3 Å². The largest absolute Gasteiger partial charge is 0.418 e. The Morgan fingerprint density at radius 1 is 1.03 bits per heavy atom. The molecule has 2 aromatic carbocycles. The van der Waals surface area contributed by atoms with Crippen molar-refractivity contribution in [3.63, 3.8) is 0 Å². The van der Waals surface area contributed by atoms with E-state index >= 15 is 0 Å². The highest BCUT2D eigenvalue weighted by Crippen LogP contribution is 2.36. The molecule has 6 nitrogen and oxygen atoms in total. The lowest BCUT2D eigenvalue weighted by Gasteiger charge is -2.17. The van der Waals surface area contributed by atoms with Crippen LogP contribution in [0, 0.1) is 0 Å². The number of amides is 2. The molecule has 1 fully saturated rings. The molecular formula is C20H20F3N3O3. The number of para-hydroxylation sites is 1. The summed E-state index contributed by atoms with van der Waals surface area (Å²) in [5.74, 6) is -0.937. The van der Waals surface area contributed by atoms with Crippen molar-refractivity contribution in [2.24, 2.45) is 0 Å². The smallest absolute Gasteiger partial charge is 0.387 e. The first kappa shape index (κ1) is 20.7. The lowest BCUT2D eigenvalue weighted by Crippen LogP contribution is -2.49. The Hall–Kier alpha value is -3.07. The molecule has 0 aliphatic heterocycles. The molecule has 0 saturated heterocycles. The van der Waals surface area contributed by atoms with Gasteiger partial charge in [0.1, 0.15) is 12.1 Å². The Balaban J connectivity index is 1.59. The van der Waals surface area contributed by atoms with Gasteiger partial charge in [-0.05, 0) is 42.7 Å². The number of hydrogen-bond acceptors (Lipinski definition) is 4. The summed E-state index contributed by atoms with van der Waals surface area (Å²) in [6.07, 6.45) is -3.45. The van der Waals surface area contributed by atoms with Gasteiger partial charge in [0.05, 0.1) is 11.3 Å². The van der Waals surface area contributed by atoms with Gasteiger partial charge >= 0.3 is 6.18 Å². The summed E-state index contributed by atoms with van der Waals surface area (Å²) in [6.45, 7) is -0.476. The van der Waals surface area contributed by atoms with Crippen LogP contribution in [0.4, 0.5) is 24.5 Å². The van der Waals surface area contributed by atoms with Crippen LogP contribution in [0.2, 0.25) is 0 Å². The van der Waals surface area contributed by atoms with Gasteiger partial charge in [-0.3, -0.25) is 9.59 Å². The van der Waals surface area contributed by atoms with Crippen LogP contribution in [-0.4, -0.2) is 29.1 Å². The van der Waals surface area contributed by atoms with Gasteiger partial charge < -0.3 is 21.1 Å². The Bertz CT molecular complexity index is 894. The van der Waals surface area contributed by atoms with Gasteiger partial charge in [-0.25, -0.2) is 0 Å². The highest BCUT2D eigenvalue weighted by atomic mass is 19.4. The molecule has 0 bridgehead atoms. The van der Waals surface area contributed by atoms with Crippen molar-refractivity contribution in [1.82, 2.24) is 10.6 Å². The number of aliphatic hydroxyl groups excluding tert-OH is 1. The molecule has 29 heavy (non-hydrogen) atoms. The number of alkyl halides is 3. The molecule has 4 N–H and O–H groups in total. The molecule has 0 aromatic heterocycles. The summed E-state index contributed by atoms with van der Waals surface area (Å²) in [6, 6.07) is 11.8. The van der Waals surface area contributed by atoms with Crippen molar-refractivity contribution in [1.29, 1.82) is 0 Å². The van der Waals surface area contributed by atoms with Gasteiger partial charge in [-0.2, -0.15) is 13.2 Å². The fraction of sp³-hybridized carbons (Fsp3) is 0.300. The molecule has 0 atom stereocenters. The van der Waals surface area contributed by atoms with Crippen LogP contribution in [0.3, 0.4) is 0 Å². The summed E-state index contributed by atoms with van der Waals surface area (Å²) in [5, 5.41) is 16.8. The van der Waals surface area contributed by atoms with E-state index in [-0.39, 0.29) is 18.1 Å². The molecule has 1 aliphatic carbocycles. The number of carbonyl (C=O) groups excluding carboxylic acids is 2. The van der Waals surface area contributed by atoms with Crippen molar-refractivity contribution in [3.8, 4) is 0 Å². The highest BCUT2D eigenvalue weighted by Gasteiger charge is 2.50. The summed E-state index contributed by atoms with van der Waals surface area (Å²) < 4.78 is 39.2. The van der Waals surface area contributed by atoms with E-state index < -0.39 is 29.8 Å². The molecule has 2 aromatic rings. The first-order valence-electron chi connectivity index (χ1n) is 8.96. The lowest BCUT2D eigenvalue weighted by molar-refractivity contribution is -0.137. The fourth-order valence-electron chi connectivity index (χ4n) is 2.89. The Morgan fingerprint density at radius 2 is 1.69 bits per heavy atom. The van der Waals surface area contributed by atoms with E-state index in [2.05, 4.69) is 16.0 Å². The number of anilines is 2. The highest BCUT2D eigenvalue weighted by molar-refractivity contribution is 5.94. The number of benzene rings is 2. The third kappa shape index (κ3) is 5.05. The number of nitrogens with one attached hydrogen (secondary N) is 3. The second-order valence-electron chi connectivity index (χ2n) is 6.84. The van der Waals surface area contributed by atoms with Crippen LogP contribution in [0.5, 0.6) is 0 Å². The molecule has 0 heterocycles.